The number of ether oxygens (including phenoxy) is 1. The van der Waals surface area contributed by atoms with Crippen LogP contribution in [0.5, 0.6) is 0 Å². The molecular weight excluding hydrogens is 386 g/mol. The molecule has 2 aromatic heterocycles. The molecule has 0 fully saturated rings. The lowest BCUT2D eigenvalue weighted by atomic mass is 10.1. The lowest BCUT2D eigenvalue weighted by Crippen LogP contribution is -2.31. The molecule has 0 aliphatic rings. The number of benzene rings is 1. The van der Waals surface area contributed by atoms with Crippen molar-refractivity contribution in [2.45, 2.75) is 26.4 Å². The number of pyridine rings is 1. The molecular formula is C18H18F2N6O3. The van der Waals surface area contributed by atoms with Crippen molar-refractivity contribution in [1.82, 2.24) is 20.0 Å². The fourth-order valence-electron chi connectivity index (χ4n) is 2.31. The molecule has 0 radical (unpaired) electrons. The monoisotopic (exact) mass is 404 g/mol. The van der Waals surface area contributed by atoms with Gasteiger partial charge in [0.25, 0.3) is 11.9 Å². The van der Waals surface area contributed by atoms with Gasteiger partial charge in [0.2, 0.25) is 0 Å². The molecule has 0 spiro atoms. The summed E-state index contributed by atoms with van der Waals surface area (Å²) in [6.07, 6.45) is 0.601. The van der Waals surface area contributed by atoms with E-state index in [0.717, 1.165) is 12.1 Å². The zero-order valence-electron chi connectivity index (χ0n) is 15.8. The van der Waals surface area contributed by atoms with Gasteiger partial charge in [0.15, 0.2) is 11.5 Å². The number of carbonyl (C=O) groups excluding carboxylic acids is 2. The van der Waals surface area contributed by atoms with Gasteiger partial charge < -0.3 is 4.74 Å². The van der Waals surface area contributed by atoms with E-state index in [-0.39, 0.29) is 5.95 Å². The van der Waals surface area contributed by atoms with Crippen molar-refractivity contribution in [3.63, 3.8) is 0 Å². The van der Waals surface area contributed by atoms with E-state index in [1.165, 1.54) is 4.52 Å². The van der Waals surface area contributed by atoms with Crippen LogP contribution < -0.4 is 16.2 Å². The Morgan fingerprint density at radius 2 is 1.90 bits per heavy atom. The molecule has 2 heterocycles. The largest absolute Gasteiger partial charge is 0.444 e. The van der Waals surface area contributed by atoms with Crippen LogP contribution >= 0.6 is 0 Å². The molecule has 2 amide bonds. The highest BCUT2D eigenvalue weighted by atomic mass is 19.1. The first kappa shape index (κ1) is 20.0. The van der Waals surface area contributed by atoms with E-state index in [1.54, 1.807) is 45.2 Å². The predicted molar refractivity (Wildman–Crippen MR) is 100 cm³/mol. The summed E-state index contributed by atoms with van der Waals surface area (Å²) in [6, 6.07) is 7.01. The number of rotatable bonds is 4. The van der Waals surface area contributed by atoms with E-state index < -0.39 is 40.5 Å². The van der Waals surface area contributed by atoms with Crippen molar-refractivity contribution >= 4 is 29.3 Å². The topological polar surface area (TPSA) is 110 Å². The molecule has 152 valence electrons. The summed E-state index contributed by atoms with van der Waals surface area (Å²) in [7, 11) is 0. The maximum absolute atomic E-state index is 14.6. The van der Waals surface area contributed by atoms with Gasteiger partial charge in [0.05, 0.1) is 5.56 Å². The third-order valence-electron chi connectivity index (χ3n) is 3.49. The maximum atomic E-state index is 14.6. The lowest BCUT2D eigenvalue weighted by Gasteiger charge is -2.20. The minimum Gasteiger partial charge on any atom is -0.444 e. The molecule has 0 bridgehead atoms. The average molecular weight is 404 g/mol. The van der Waals surface area contributed by atoms with E-state index in [1.807, 2.05) is 5.32 Å². The Hall–Kier alpha value is -3.76. The van der Waals surface area contributed by atoms with Gasteiger partial charge in [-0.2, -0.15) is 4.98 Å². The summed E-state index contributed by atoms with van der Waals surface area (Å²) in [5.41, 5.74) is 3.04. The van der Waals surface area contributed by atoms with Crippen molar-refractivity contribution in [2.75, 3.05) is 10.7 Å². The van der Waals surface area contributed by atoms with Crippen molar-refractivity contribution in [1.29, 1.82) is 0 Å². The number of aromatic nitrogens is 3. The van der Waals surface area contributed by atoms with Gasteiger partial charge in [-0.3, -0.25) is 21.0 Å². The van der Waals surface area contributed by atoms with Gasteiger partial charge in [-0.15, -0.1) is 5.10 Å². The highest BCUT2D eigenvalue weighted by molar-refractivity contribution is 5.97. The van der Waals surface area contributed by atoms with Gasteiger partial charge in [-0.25, -0.2) is 18.1 Å². The number of hydrogen-bond donors (Lipinski definition) is 3. The lowest BCUT2D eigenvalue weighted by molar-refractivity contribution is 0.0634. The summed E-state index contributed by atoms with van der Waals surface area (Å²) in [5, 5.41) is 6.04. The first-order valence-corrected chi connectivity index (χ1v) is 8.50. The Morgan fingerprint density at radius 3 is 2.59 bits per heavy atom. The quantitative estimate of drug-likeness (QED) is 0.577. The molecule has 29 heavy (non-hydrogen) atoms. The third-order valence-corrected chi connectivity index (χ3v) is 3.49. The summed E-state index contributed by atoms with van der Waals surface area (Å²) < 4.78 is 35.1. The second kappa shape index (κ2) is 7.70. The number of anilines is 2. The summed E-state index contributed by atoms with van der Waals surface area (Å²) in [6.45, 7) is 4.80. The zero-order chi connectivity index (χ0) is 21.2. The van der Waals surface area contributed by atoms with Gasteiger partial charge >= 0.3 is 6.09 Å². The van der Waals surface area contributed by atoms with Crippen molar-refractivity contribution in [3.05, 3.63) is 53.7 Å². The van der Waals surface area contributed by atoms with Crippen molar-refractivity contribution in [2.24, 2.45) is 0 Å². The molecule has 0 aliphatic carbocycles. The predicted octanol–water partition coefficient (Wildman–Crippen LogP) is 3.11. The number of fused-ring (bicyclic) bond motifs is 1. The van der Waals surface area contributed by atoms with Crippen molar-refractivity contribution in [3.8, 4) is 0 Å². The average Bonchev–Trinajstić information content (AvgIpc) is 3.05. The van der Waals surface area contributed by atoms with Crippen LogP contribution in [0, 0.1) is 11.6 Å². The number of halogens is 2. The molecule has 0 saturated heterocycles. The first-order chi connectivity index (χ1) is 13.6. The Balaban J connectivity index is 1.74. The number of amides is 2. The highest BCUT2D eigenvalue weighted by Gasteiger charge is 2.23. The van der Waals surface area contributed by atoms with E-state index in [4.69, 9.17) is 4.74 Å². The third kappa shape index (κ3) is 4.75. The van der Waals surface area contributed by atoms with Gasteiger partial charge in [0.1, 0.15) is 17.1 Å². The smallest absolute Gasteiger partial charge is 0.412 e. The van der Waals surface area contributed by atoms with Crippen LogP contribution in [0.3, 0.4) is 0 Å². The number of hydrazine groups is 1. The minimum absolute atomic E-state index is 0.0687. The van der Waals surface area contributed by atoms with Crippen LogP contribution in [0.15, 0.2) is 36.5 Å². The second-order valence-electron chi connectivity index (χ2n) is 6.93. The summed E-state index contributed by atoms with van der Waals surface area (Å²) >= 11 is 0. The number of carbonyl (C=O) groups is 2. The SMILES string of the molecule is CC(C)(C)OC(=O)Nc1c(F)ccc(C(=O)NNc2nc3ccccn3n2)c1F. The highest BCUT2D eigenvalue weighted by Crippen LogP contribution is 2.23. The second-order valence-corrected chi connectivity index (χ2v) is 6.93. The normalized spacial score (nSPS) is 11.2. The maximum Gasteiger partial charge on any atom is 0.412 e. The van der Waals surface area contributed by atoms with Gasteiger partial charge in [0, 0.05) is 6.20 Å². The van der Waals surface area contributed by atoms with Crippen LogP contribution in [-0.2, 0) is 4.74 Å². The van der Waals surface area contributed by atoms with Crippen LogP contribution in [0.2, 0.25) is 0 Å². The Kier molecular flexibility index (Phi) is 5.31. The molecule has 11 heteroatoms. The number of nitrogens with one attached hydrogen (secondary N) is 3. The fourth-order valence-corrected chi connectivity index (χ4v) is 2.31. The Morgan fingerprint density at radius 1 is 1.14 bits per heavy atom. The van der Waals surface area contributed by atoms with Crippen molar-refractivity contribution < 1.29 is 23.1 Å². The van der Waals surface area contributed by atoms with Gasteiger partial charge in [-0.05, 0) is 45.0 Å². The Labute approximate surface area is 164 Å². The summed E-state index contributed by atoms with van der Waals surface area (Å²) in [5.74, 6) is -3.16. The zero-order valence-corrected chi connectivity index (χ0v) is 15.8. The van der Waals surface area contributed by atoms with Crippen LogP contribution in [0.4, 0.5) is 25.2 Å². The molecule has 0 aliphatic heterocycles. The van der Waals surface area contributed by atoms with Crippen LogP contribution in [0.1, 0.15) is 31.1 Å². The van der Waals surface area contributed by atoms with E-state index >= 15 is 0 Å². The molecule has 3 aromatic rings. The number of hydrogen-bond acceptors (Lipinski definition) is 6. The van der Waals surface area contributed by atoms with Gasteiger partial charge in [-0.1, -0.05) is 6.07 Å². The molecule has 0 saturated carbocycles. The first-order valence-electron chi connectivity index (χ1n) is 8.50. The molecule has 1 aromatic carbocycles. The number of nitrogens with zero attached hydrogens (tertiary/aromatic N) is 3. The minimum atomic E-state index is -1.25. The molecule has 3 rings (SSSR count). The molecule has 3 N–H and O–H groups in total. The van der Waals surface area contributed by atoms with E-state index in [2.05, 4.69) is 20.9 Å². The molecule has 0 atom stereocenters. The molecule has 0 unspecified atom stereocenters. The molecule has 9 nitrogen and oxygen atoms in total. The van der Waals surface area contributed by atoms with Crippen LogP contribution in [0.25, 0.3) is 5.65 Å². The fraction of sp³-hybridized carbons (Fsp3) is 0.222. The standard InChI is InChI=1S/C18H18F2N6O3/c1-18(2,3)29-17(28)22-14-11(19)8-7-10(13(14)20)15(27)23-24-16-21-12-6-4-5-9-26(12)25-16/h4-9H,1-3H3,(H,22,28)(H,23,27)(H,24,25). The van der Waals surface area contributed by atoms with E-state index in [9.17, 15) is 18.4 Å². The van der Waals surface area contributed by atoms with Crippen LogP contribution in [-0.4, -0.2) is 32.2 Å². The summed E-state index contributed by atoms with van der Waals surface area (Å²) in [4.78, 5) is 28.2. The Bertz CT molecular complexity index is 1040. The van der Waals surface area contributed by atoms with E-state index in [0.29, 0.717) is 5.65 Å².